The molecular formula is C8H4Cl2F2O2. The molecule has 0 spiro atoms. The van der Waals surface area contributed by atoms with Crippen LogP contribution in [0, 0.1) is 11.6 Å². The molecule has 0 amide bonds. The minimum absolute atomic E-state index is 0.434. The van der Waals surface area contributed by atoms with Gasteiger partial charge in [0.1, 0.15) is 5.02 Å². The predicted molar refractivity (Wildman–Crippen MR) is 47.7 cm³/mol. The Kier molecular flexibility index (Phi) is 3.29. The summed E-state index contributed by atoms with van der Waals surface area (Å²) in [6.07, 6.45) is 0. The van der Waals surface area contributed by atoms with Crippen LogP contribution in [0.4, 0.5) is 8.78 Å². The molecule has 0 saturated heterocycles. The predicted octanol–water partition coefficient (Wildman–Crippen LogP) is 3.06. The van der Waals surface area contributed by atoms with E-state index in [1.807, 2.05) is 0 Å². The average Bonchev–Trinajstić information content (AvgIpc) is 2.19. The number of methoxy groups -OCH3 is 1. The van der Waals surface area contributed by atoms with Gasteiger partial charge in [0.25, 0.3) is 0 Å². The Morgan fingerprint density at radius 2 is 1.93 bits per heavy atom. The van der Waals surface area contributed by atoms with Crippen LogP contribution in [0.2, 0.25) is 10.0 Å². The van der Waals surface area contributed by atoms with Crippen molar-refractivity contribution in [3.8, 4) is 0 Å². The van der Waals surface area contributed by atoms with Gasteiger partial charge < -0.3 is 4.74 Å². The van der Waals surface area contributed by atoms with Gasteiger partial charge >= 0.3 is 5.97 Å². The average molecular weight is 241 g/mol. The molecule has 0 aliphatic rings. The fraction of sp³-hybridized carbons (Fsp3) is 0.125. The lowest BCUT2D eigenvalue weighted by atomic mass is 10.2. The summed E-state index contributed by atoms with van der Waals surface area (Å²) < 4.78 is 30.3. The quantitative estimate of drug-likeness (QED) is 0.429. The van der Waals surface area contributed by atoms with Gasteiger partial charge in [0.2, 0.25) is 0 Å². The number of hydrogen-bond donors (Lipinski definition) is 0. The number of halogens is 4. The summed E-state index contributed by atoms with van der Waals surface area (Å²) in [4.78, 5) is 10.9. The van der Waals surface area contributed by atoms with Crippen molar-refractivity contribution in [1.29, 1.82) is 0 Å². The van der Waals surface area contributed by atoms with Crippen LogP contribution in [0.1, 0.15) is 10.4 Å². The third kappa shape index (κ3) is 1.81. The highest BCUT2D eigenvalue weighted by Gasteiger charge is 2.20. The van der Waals surface area contributed by atoms with E-state index in [2.05, 4.69) is 4.74 Å². The second-order valence-corrected chi connectivity index (χ2v) is 3.12. The molecule has 1 aromatic carbocycles. The zero-order valence-corrected chi connectivity index (χ0v) is 8.42. The first-order valence-electron chi connectivity index (χ1n) is 3.40. The highest BCUT2D eigenvalue weighted by molar-refractivity contribution is 6.35. The van der Waals surface area contributed by atoms with E-state index >= 15 is 0 Å². The molecule has 0 N–H and O–H groups in total. The molecule has 0 fully saturated rings. The number of hydrogen-bond acceptors (Lipinski definition) is 2. The molecule has 0 bridgehead atoms. The van der Waals surface area contributed by atoms with Gasteiger partial charge in [-0.1, -0.05) is 23.2 Å². The van der Waals surface area contributed by atoms with Crippen LogP contribution in [-0.2, 0) is 4.74 Å². The molecule has 1 rings (SSSR count). The highest BCUT2D eigenvalue weighted by Crippen LogP contribution is 2.28. The number of carbonyl (C=O) groups excluding carboxylic acids is 1. The molecule has 0 saturated carbocycles. The van der Waals surface area contributed by atoms with Crippen molar-refractivity contribution >= 4 is 29.2 Å². The zero-order valence-electron chi connectivity index (χ0n) is 6.91. The number of ether oxygens (including phenoxy) is 1. The maximum Gasteiger partial charge on any atom is 0.340 e. The largest absolute Gasteiger partial charge is 0.465 e. The van der Waals surface area contributed by atoms with Gasteiger partial charge in [-0.25, -0.2) is 13.6 Å². The lowest BCUT2D eigenvalue weighted by Gasteiger charge is -2.04. The van der Waals surface area contributed by atoms with E-state index in [0.717, 1.165) is 13.2 Å². The number of rotatable bonds is 1. The maximum atomic E-state index is 13.1. The Labute approximate surface area is 88.4 Å². The summed E-state index contributed by atoms with van der Waals surface area (Å²) in [6, 6.07) is 0.823. The molecule has 6 heteroatoms. The molecule has 0 radical (unpaired) electrons. The van der Waals surface area contributed by atoms with Gasteiger partial charge in [0.15, 0.2) is 11.6 Å². The number of esters is 1. The Hall–Kier alpha value is -0.870. The van der Waals surface area contributed by atoms with Crippen LogP contribution < -0.4 is 0 Å². The SMILES string of the molecule is COC(=O)c1cc(Cl)c(F)c(Cl)c1F. The monoisotopic (exact) mass is 240 g/mol. The van der Waals surface area contributed by atoms with Gasteiger partial charge in [0.05, 0.1) is 17.7 Å². The normalized spacial score (nSPS) is 10.1. The van der Waals surface area contributed by atoms with Crippen LogP contribution in [0.15, 0.2) is 6.07 Å². The van der Waals surface area contributed by atoms with Crippen molar-refractivity contribution in [3.05, 3.63) is 33.3 Å². The van der Waals surface area contributed by atoms with Crippen LogP contribution in [0.3, 0.4) is 0 Å². The summed E-state index contributed by atoms with van der Waals surface area (Å²) in [5, 5.41) is -1.25. The molecule has 76 valence electrons. The van der Waals surface area contributed by atoms with Gasteiger partial charge in [-0.3, -0.25) is 0 Å². The number of carbonyl (C=O) groups is 1. The van der Waals surface area contributed by atoms with Crippen molar-refractivity contribution in [2.75, 3.05) is 7.11 Å². The molecule has 0 unspecified atom stereocenters. The lowest BCUT2D eigenvalue weighted by Crippen LogP contribution is -2.06. The van der Waals surface area contributed by atoms with Crippen molar-refractivity contribution in [2.24, 2.45) is 0 Å². The van der Waals surface area contributed by atoms with Crippen molar-refractivity contribution < 1.29 is 18.3 Å². The Morgan fingerprint density at radius 1 is 1.36 bits per heavy atom. The number of benzene rings is 1. The van der Waals surface area contributed by atoms with Crippen molar-refractivity contribution in [2.45, 2.75) is 0 Å². The van der Waals surface area contributed by atoms with Gasteiger partial charge in [0, 0.05) is 0 Å². The molecule has 0 heterocycles. The van der Waals surface area contributed by atoms with Gasteiger partial charge in [-0.2, -0.15) is 0 Å². The Morgan fingerprint density at radius 3 is 2.43 bits per heavy atom. The van der Waals surface area contributed by atoms with E-state index in [9.17, 15) is 13.6 Å². The van der Waals surface area contributed by atoms with Crippen molar-refractivity contribution in [1.82, 2.24) is 0 Å². The first-order chi connectivity index (χ1) is 6.49. The maximum absolute atomic E-state index is 13.1. The first kappa shape index (κ1) is 11.2. The molecule has 0 atom stereocenters. The summed E-state index contributed by atoms with van der Waals surface area (Å²) in [6.45, 7) is 0. The van der Waals surface area contributed by atoms with Crippen molar-refractivity contribution in [3.63, 3.8) is 0 Å². The summed E-state index contributed by atoms with van der Waals surface area (Å²) in [5.74, 6) is -3.25. The van der Waals surface area contributed by atoms with Crippen LogP contribution in [0.25, 0.3) is 0 Å². The fourth-order valence-corrected chi connectivity index (χ4v) is 1.29. The van der Waals surface area contributed by atoms with E-state index < -0.39 is 33.2 Å². The third-order valence-electron chi connectivity index (χ3n) is 1.51. The van der Waals surface area contributed by atoms with Gasteiger partial charge in [-0.15, -0.1) is 0 Å². The first-order valence-corrected chi connectivity index (χ1v) is 4.16. The smallest absolute Gasteiger partial charge is 0.340 e. The van der Waals surface area contributed by atoms with E-state index in [4.69, 9.17) is 23.2 Å². The molecule has 0 aromatic heterocycles. The Bertz CT molecular complexity index is 393. The zero-order chi connectivity index (χ0) is 10.9. The summed E-state index contributed by atoms with van der Waals surface area (Å²) >= 11 is 10.6. The topological polar surface area (TPSA) is 26.3 Å². The summed E-state index contributed by atoms with van der Waals surface area (Å²) in [7, 11) is 1.06. The fourth-order valence-electron chi connectivity index (χ4n) is 0.831. The minimum Gasteiger partial charge on any atom is -0.465 e. The van der Waals surface area contributed by atoms with Crippen LogP contribution in [0.5, 0.6) is 0 Å². The van der Waals surface area contributed by atoms with E-state index in [0.29, 0.717) is 0 Å². The summed E-state index contributed by atoms with van der Waals surface area (Å²) in [5.41, 5.74) is -0.496. The van der Waals surface area contributed by atoms with Gasteiger partial charge in [-0.05, 0) is 6.07 Å². The molecule has 2 nitrogen and oxygen atoms in total. The molecular weight excluding hydrogens is 237 g/mol. The van der Waals surface area contributed by atoms with Crippen LogP contribution in [-0.4, -0.2) is 13.1 Å². The molecule has 0 aliphatic carbocycles. The van der Waals surface area contributed by atoms with E-state index in [1.54, 1.807) is 0 Å². The van der Waals surface area contributed by atoms with E-state index in [1.165, 1.54) is 0 Å². The molecule has 14 heavy (non-hydrogen) atoms. The highest BCUT2D eigenvalue weighted by atomic mass is 35.5. The molecule has 0 aliphatic heterocycles. The minimum atomic E-state index is -1.18. The lowest BCUT2D eigenvalue weighted by molar-refractivity contribution is 0.0595. The standard InChI is InChI=1S/C8H4Cl2F2O2/c1-14-8(13)3-2-4(9)7(12)5(10)6(3)11/h2H,1H3. The van der Waals surface area contributed by atoms with Crippen LogP contribution >= 0.6 is 23.2 Å². The third-order valence-corrected chi connectivity index (χ3v) is 2.11. The second-order valence-electron chi connectivity index (χ2n) is 2.34. The Balaban J connectivity index is 3.40. The second kappa shape index (κ2) is 4.11. The van der Waals surface area contributed by atoms with E-state index in [-0.39, 0.29) is 0 Å². The molecule has 1 aromatic rings.